The predicted molar refractivity (Wildman–Crippen MR) is 144 cm³/mol. The number of carbonyl (C=O) groups excluding carboxylic acids is 1. The lowest BCUT2D eigenvalue weighted by Crippen LogP contribution is -2.47. The van der Waals surface area contributed by atoms with Crippen LogP contribution in [0.5, 0.6) is 11.5 Å². The summed E-state index contributed by atoms with van der Waals surface area (Å²) in [5.74, 6) is -0.0189. The predicted octanol–water partition coefficient (Wildman–Crippen LogP) is 5.56. The Morgan fingerprint density at radius 2 is 1.74 bits per heavy atom. The maximum atomic E-state index is 14.0. The van der Waals surface area contributed by atoms with E-state index in [1.165, 1.54) is 0 Å². The standard InChI is InChI=1S/C31H35NO6/c1-3-4-17-37-29(23-13-9-6-10-14-23)31(35)32-20-24-15-16-27(36-2)30(26(24)18-25(32)19-28(33)34)38-21-22-11-7-5-8-12-22/h5-16,25,29H,3-4,17-21H2,1-2H3,(H,33,34)/t25-,29+/m1/s1. The average molecular weight is 518 g/mol. The van der Waals surface area contributed by atoms with Crippen LogP contribution in [0.3, 0.4) is 0 Å². The van der Waals surface area contributed by atoms with Gasteiger partial charge in [-0.2, -0.15) is 0 Å². The summed E-state index contributed by atoms with van der Waals surface area (Å²) in [5.41, 5.74) is 3.55. The van der Waals surface area contributed by atoms with Crippen LogP contribution in [0.1, 0.15) is 54.5 Å². The van der Waals surface area contributed by atoms with Crippen LogP contribution >= 0.6 is 0 Å². The number of aliphatic carboxylic acids is 1. The van der Waals surface area contributed by atoms with E-state index in [2.05, 4.69) is 6.92 Å². The van der Waals surface area contributed by atoms with Gasteiger partial charge in [0.1, 0.15) is 6.61 Å². The molecule has 1 amide bonds. The summed E-state index contributed by atoms with van der Waals surface area (Å²) in [6.07, 6.45) is 1.14. The molecule has 2 atom stereocenters. The Morgan fingerprint density at radius 3 is 2.39 bits per heavy atom. The first-order chi connectivity index (χ1) is 18.5. The lowest BCUT2D eigenvalue weighted by molar-refractivity contribution is -0.150. The Balaban J connectivity index is 1.66. The number of nitrogens with zero attached hydrogens (tertiary/aromatic N) is 1. The Labute approximate surface area is 224 Å². The van der Waals surface area contributed by atoms with Gasteiger partial charge in [-0.15, -0.1) is 0 Å². The van der Waals surface area contributed by atoms with Gasteiger partial charge in [0.2, 0.25) is 0 Å². The fourth-order valence-electron chi connectivity index (χ4n) is 4.80. The molecule has 0 radical (unpaired) electrons. The quantitative estimate of drug-likeness (QED) is 0.317. The summed E-state index contributed by atoms with van der Waals surface area (Å²) in [6.45, 7) is 3.13. The second-order valence-corrected chi connectivity index (χ2v) is 9.45. The minimum atomic E-state index is -0.964. The molecular formula is C31H35NO6. The number of carbonyl (C=O) groups is 2. The van der Waals surface area contributed by atoms with Gasteiger partial charge < -0.3 is 24.2 Å². The third kappa shape index (κ3) is 6.53. The van der Waals surface area contributed by atoms with Crippen molar-refractivity contribution in [3.8, 4) is 11.5 Å². The highest BCUT2D eigenvalue weighted by Crippen LogP contribution is 2.40. The molecule has 38 heavy (non-hydrogen) atoms. The SMILES string of the molecule is CCCCO[C@H](C(=O)N1Cc2ccc(OC)c(OCc3ccccc3)c2C[C@@H]1CC(=O)O)c1ccccc1. The number of ether oxygens (including phenoxy) is 3. The van der Waals surface area contributed by atoms with E-state index in [4.69, 9.17) is 14.2 Å². The number of unbranched alkanes of at least 4 members (excludes halogenated alkanes) is 1. The zero-order valence-electron chi connectivity index (χ0n) is 22.0. The third-order valence-electron chi connectivity index (χ3n) is 6.79. The van der Waals surface area contributed by atoms with Crippen molar-refractivity contribution in [2.45, 2.75) is 57.9 Å². The highest BCUT2D eigenvalue weighted by molar-refractivity contribution is 5.84. The molecule has 1 heterocycles. The molecule has 0 spiro atoms. The molecule has 0 aromatic heterocycles. The van der Waals surface area contributed by atoms with E-state index in [0.29, 0.717) is 31.1 Å². The maximum absolute atomic E-state index is 14.0. The Hall–Kier alpha value is -3.84. The van der Waals surface area contributed by atoms with Gasteiger partial charge >= 0.3 is 5.97 Å². The van der Waals surface area contributed by atoms with Crippen LogP contribution < -0.4 is 9.47 Å². The van der Waals surface area contributed by atoms with E-state index >= 15 is 0 Å². The van der Waals surface area contributed by atoms with Gasteiger partial charge in [-0.05, 0) is 35.6 Å². The molecule has 1 N–H and O–H groups in total. The van der Waals surface area contributed by atoms with Crippen molar-refractivity contribution in [2.24, 2.45) is 0 Å². The fraction of sp³-hybridized carbons (Fsp3) is 0.355. The van der Waals surface area contributed by atoms with E-state index in [1.54, 1.807) is 12.0 Å². The molecule has 0 bridgehead atoms. The number of hydrogen-bond donors (Lipinski definition) is 1. The molecule has 0 saturated carbocycles. The van der Waals surface area contributed by atoms with Crippen LogP contribution in [0.2, 0.25) is 0 Å². The van der Waals surface area contributed by atoms with Gasteiger partial charge in [-0.25, -0.2) is 0 Å². The van der Waals surface area contributed by atoms with E-state index in [9.17, 15) is 14.7 Å². The van der Waals surface area contributed by atoms with Crippen molar-refractivity contribution in [1.29, 1.82) is 0 Å². The van der Waals surface area contributed by atoms with Crippen molar-refractivity contribution < 1.29 is 28.9 Å². The molecule has 4 rings (SSSR count). The molecular weight excluding hydrogens is 482 g/mol. The smallest absolute Gasteiger partial charge is 0.305 e. The van der Waals surface area contributed by atoms with Crippen LogP contribution in [-0.4, -0.2) is 41.6 Å². The second-order valence-electron chi connectivity index (χ2n) is 9.45. The number of methoxy groups -OCH3 is 1. The van der Waals surface area contributed by atoms with Gasteiger partial charge in [0.25, 0.3) is 5.91 Å². The second kappa shape index (κ2) is 13.1. The van der Waals surface area contributed by atoms with Crippen LogP contribution in [0.4, 0.5) is 0 Å². The van der Waals surface area contributed by atoms with Crippen LogP contribution in [0.15, 0.2) is 72.8 Å². The van der Waals surface area contributed by atoms with Gasteiger partial charge in [0, 0.05) is 24.8 Å². The van der Waals surface area contributed by atoms with Crippen LogP contribution in [-0.2, 0) is 33.9 Å². The first-order valence-electron chi connectivity index (χ1n) is 13.1. The molecule has 0 unspecified atom stereocenters. The highest BCUT2D eigenvalue weighted by Gasteiger charge is 2.37. The largest absolute Gasteiger partial charge is 0.493 e. The monoisotopic (exact) mass is 517 g/mol. The summed E-state index contributed by atoms with van der Waals surface area (Å²) in [7, 11) is 1.59. The van der Waals surface area contributed by atoms with Gasteiger partial charge in [0.15, 0.2) is 17.6 Å². The molecule has 7 heteroatoms. The molecule has 0 fully saturated rings. The molecule has 1 aliphatic rings. The first-order valence-corrected chi connectivity index (χ1v) is 13.1. The summed E-state index contributed by atoms with van der Waals surface area (Å²) >= 11 is 0. The molecule has 200 valence electrons. The number of rotatable bonds is 12. The number of carboxylic acid groups (broad SMARTS) is 1. The lowest BCUT2D eigenvalue weighted by Gasteiger charge is -2.39. The highest BCUT2D eigenvalue weighted by atomic mass is 16.5. The van der Waals surface area contributed by atoms with Crippen molar-refractivity contribution in [3.05, 3.63) is 95.1 Å². The van der Waals surface area contributed by atoms with E-state index in [1.807, 2.05) is 72.8 Å². The van der Waals surface area contributed by atoms with Gasteiger partial charge in [0.05, 0.1) is 13.5 Å². The molecule has 0 saturated heterocycles. The minimum absolute atomic E-state index is 0.184. The molecule has 3 aromatic rings. The van der Waals surface area contributed by atoms with Crippen molar-refractivity contribution in [3.63, 3.8) is 0 Å². The fourth-order valence-corrected chi connectivity index (χ4v) is 4.80. The lowest BCUT2D eigenvalue weighted by atomic mass is 9.90. The molecule has 1 aliphatic heterocycles. The summed E-state index contributed by atoms with van der Waals surface area (Å²) in [4.78, 5) is 27.5. The number of hydrogen-bond acceptors (Lipinski definition) is 5. The van der Waals surface area contributed by atoms with Crippen molar-refractivity contribution in [1.82, 2.24) is 4.90 Å². The summed E-state index contributed by atoms with van der Waals surface area (Å²) in [5, 5.41) is 9.74. The molecule has 7 nitrogen and oxygen atoms in total. The molecule has 0 aliphatic carbocycles. The Bertz CT molecular complexity index is 1210. The van der Waals surface area contributed by atoms with Crippen LogP contribution in [0.25, 0.3) is 0 Å². The van der Waals surface area contributed by atoms with E-state index in [-0.39, 0.29) is 18.9 Å². The zero-order chi connectivity index (χ0) is 26.9. The molecule has 3 aromatic carbocycles. The minimum Gasteiger partial charge on any atom is -0.493 e. The number of benzene rings is 3. The number of carboxylic acids is 1. The van der Waals surface area contributed by atoms with Crippen molar-refractivity contribution in [2.75, 3.05) is 13.7 Å². The average Bonchev–Trinajstić information content (AvgIpc) is 2.94. The maximum Gasteiger partial charge on any atom is 0.305 e. The topological polar surface area (TPSA) is 85.3 Å². The number of amides is 1. The zero-order valence-corrected chi connectivity index (χ0v) is 22.0. The summed E-state index contributed by atoms with van der Waals surface area (Å²) in [6, 6.07) is 22.4. The number of fused-ring (bicyclic) bond motifs is 1. The van der Waals surface area contributed by atoms with E-state index in [0.717, 1.165) is 35.1 Å². The normalized spacial score (nSPS) is 15.4. The summed E-state index contributed by atoms with van der Waals surface area (Å²) < 4.78 is 17.9. The Morgan fingerprint density at radius 1 is 1.03 bits per heavy atom. The van der Waals surface area contributed by atoms with Gasteiger partial charge in [-0.1, -0.05) is 80.1 Å². The van der Waals surface area contributed by atoms with Crippen molar-refractivity contribution >= 4 is 11.9 Å². The Kier molecular flexibility index (Phi) is 9.38. The van der Waals surface area contributed by atoms with E-state index < -0.39 is 18.1 Å². The van der Waals surface area contributed by atoms with Gasteiger partial charge in [-0.3, -0.25) is 9.59 Å². The van der Waals surface area contributed by atoms with Crippen LogP contribution in [0, 0.1) is 0 Å². The first kappa shape index (κ1) is 27.2. The third-order valence-corrected chi connectivity index (χ3v) is 6.79.